The monoisotopic (exact) mass is 328 g/mol. The Morgan fingerprint density at radius 1 is 1.04 bits per heavy atom. The molecule has 2 aromatic carbocycles. The maximum absolute atomic E-state index is 12.7. The minimum absolute atomic E-state index is 0.412. The Labute approximate surface area is 137 Å². The molecule has 1 atom stereocenters. The minimum atomic E-state index is -3.37. The van der Waals surface area contributed by atoms with Gasteiger partial charge in [-0.3, -0.25) is 4.90 Å². The Morgan fingerprint density at radius 2 is 1.74 bits per heavy atom. The number of nitrogens with zero attached hydrogens (tertiary/aromatic N) is 2. The maximum atomic E-state index is 12.7. The lowest BCUT2D eigenvalue weighted by Gasteiger charge is -2.31. The highest BCUT2D eigenvalue weighted by Gasteiger charge is 2.54. The van der Waals surface area contributed by atoms with E-state index in [-0.39, 0.29) is 0 Å². The molecule has 1 spiro atoms. The Hall–Kier alpha value is -1.69. The fourth-order valence-electron chi connectivity index (χ4n) is 3.95. The van der Waals surface area contributed by atoms with Crippen molar-refractivity contribution in [3.63, 3.8) is 0 Å². The van der Waals surface area contributed by atoms with Crippen LogP contribution in [0, 0.1) is 0 Å². The molecule has 0 bridgehead atoms. The molecule has 23 heavy (non-hydrogen) atoms. The molecule has 0 saturated carbocycles. The lowest BCUT2D eigenvalue weighted by Crippen LogP contribution is -2.43. The molecule has 2 aromatic rings. The predicted molar refractivity (Wildman–Crippen MR) is 89.4 cm³/mol. The molecule has 0 aliphatic carbocycles. The van der Waals surface area contributed by atoms with E-state index in [0.29, 0.717) is 4.90 Å². The average molecular weight is 328 g/mol. The highest BCUT2D eigenvalue weighted by atomic mass is 32.2. The van der Waals surface area contributed by atoms with Crippen molar-refractivity contribution < 1.29 is 8.42 Å². The molecule has 2 aliphatic rings. The molecule has 2 heterocycles. The highest BCUT2D eigenvalue weighted by Crippen LogP contribution is 2.48. The van der Waals surface area contributed by atoms with E-state index >= 15 is 0 Å². The minimum Gasteiger partial charge on any atom is -0.297 e. The van der Waals surface area contributed by atoms with Crippen LogP contribution in [0.3, 0.4) is 0 Å². The van der Waals surface area contributed by atoms with Crippen molar-refractivity contribution in [2.45, 2.75) is 23.4 Å². The van der Waals surface area contributed by atoms with Crippen molar-refractivity contribution in [3.05, 3.63) is 65.7 Å². The lowest BCUT2D eigenvalue weighted by atomic mass is 9.89. The zero-order chi connectivity index (χ0) is 16.1. The SMILES string of the molecule is CN1[C@@]2(CCN(Cc3ccccc3)C2)c2ccccc2S1(=O)=O. The van der Waals surface area contributed by atoms with E-state index in [2.05, 4.69) is 17.0 Å². The fourth-order valence-corrected chi connectivity index (χ4v) is 5.74. The number of hydrogen-bond acceptors (Lipinski definition) is 3. The van der Waals surface area contributed by atoms with Gasteiger partial charge in [0, 0.05) is 26.7 Å². The van der Waals surface area contributed by atoms with E-state index in [1.807, 2.05) is 30.3 Å². The predicted octanol–water partition coefficient (Wildman–Crippen LogP) is 2.42. The molecule has 120 valence electrons. The van der Waals surface area contributed by atoms with Crippen molar-refractivity contribution in [1.82, 2.24) is 9.21 Å². The third-order valence-electron chi connectivity index (χ3n) is 5.21. The Bertz CT molecular complexity index is 835. The van der Waals surface area contributed by atoms with Gasteiger partial charge in [-0.05, 0) is 23.6 Å². The summed E-state index contributed by atoms with van der Waals surface area (Å²) in [5.74, 6) is 0. The van der Waals surface area contributed by atoms with Crippen LogP contribution in [-0.4, -0.2) is 37.8 Å². The first-order valence-corrected chi connectivity index (χ1v) is 9.33. The summed E-state index contributed by atoms with van der Waals surface area (Å²) in [6.07, 6.45) is 0.840. The van der Waals surface area contributed by atoms with Gasteiger partial charge in [0.1, 0.15) is 0 Å². The normalized spacial score (nSPS) is 26.7. The van der Waals surface area contributed by atoms with E-state index < -0.39 is 15.6 Å². The molecule has 0 radical (unpaired) electrons. The first kappa shape index (κ1) is 14.9. The van der Waals surface area contributed by atoms with Crippen LogP contribution in [0.2, 0.25) is 0 Å². The number of hydrogen-bond donors (Lipinski definition) is 0. The smallest absolute Gasteiger partial charge is 0.244 e. The second kappa shape index (κ2) is 5.16. The molecule has 0 aromatic heterocycles. The van der Waals surface area contributed by atoms with Gasteiger partial charge in [0.2, 0.25) is 10.0 Å². The van der Waals surface area contributed by atoms with Gasteiger partial charge in [0.15, 0.2) is 0 Å². The highest BCUT2D eigenvalue weighted by molar-refractivity contribution is 7.89. The number of rotatable bonds is 2. The van der Waals surface area contributed by atoms with E-state index in [4.69, 9.17) is 0 Å². The number of likely N-dealkylation sites (tertiary alicyclic amines) is 1. The number of likely N-dealkylation sites (N-methyl/N-ethyl adjacent to an activating group) is 1. The van der Waals surface area contributed by atoms with Gasteiger partial charge >= 0.3 is 0 Å². The van der Waals surface area contributed by atoms with Crippen LogP contribution in [0.5, 0.6) is 0 Å². The summed E-state index contributed by atoms with van der Waals surface area (Å²) in [4.78, 5) is 2.83. The largest absolute Gasteiger partial charge is 0.297 e. The maximum Gasteiger partial charge on any atom is 0.244 e. The lowest BCUT2D eigenvalue weighted by molar-refractivity contribution is 0.217. The molecule has 5 heteroatoms. The van der Waals surface area contributed by atoms with E-state index in [9.17, 15) is 8.42 Å². The molecule has 0 amide bonds. The molecule has 1 saturated heterocycles. The summed E-state index contributed by atoms with van der Waals surface area (Å²) in [7, 11) is -1.64. The van der Waals surface area contributed by atoms with E-state index in [1.165, 1.54) is 5.56 Å². The van der Waals surface area contributed by atoms with Gasteiger partial charge in [-0.1, -0.05) is 48.5 Å². The van der Waals surface area contributed by atoms with Gasteiger partial charge in [0.25, 0.3) is 0 Å². The second-order valence-electron chi connectivity index (χ2n) is 6.45. The zero-order valence-electron chi connectivity index (χ0n) is 13.1. The summed E-state index contributed by atoms with van der Waals surface area (Å²) in [5.41, 5.74) is 1.81. The molecule has 2 aliphatic heterocycles. The van der Waals surface area contributed by atoms with Crippen LogP contribution in [0.15, 0.2) is 59.5 Å². The van der Waals surface area contributed by atoms with Crippen molar-refractivity contribution in [1.29, 1.82) is 0 Å². The molecule has 0 N–H and O–H groups in total. The molecular formula is C18H20N2O2S. The van der Waals surface area contributed by atoms with Crippen LogP contribution >= 0.6 is 0 Å². The van der Waals surface area contributed by atoms with Crippen molar-refractivity contribution in [2.75, 3.05) is 20.1 Å². The Kier molecular flexibility index (Phi) is 3.34. The van der Waals surface area contributed by atoms with Crippen LogP contribution in [-0.2, 0) is 22.1 Å². The van der Waals surface area contributed by atoms with Gasteiger partial charge < -0.3 is 0 Å². The van der Waals surface area contributed by atoms with Crippen LogP contribution in [0.25, 0.3) is 0 Å². The van der Waals surface area contributed by atoms with Gasteiger partial charge in [-0.15, -0.1) is 0 Å². The van der Waals surface area contributed by atoms with Gasteiger partial charge in [-0.2, -0.15) is 4.31 Å². The number of fused-ring (bicyclic) bond motifs is 2. The van der Waals surface area contributed by atoms with Crippen molar-refractivity contribution in [2.24, 2.45) is 0 Å². The fraction of sp³-hybridized carbons (Fsp3) is 0.333. The quantitative estimate of drug-likeness (QED) is 0.850. The zero-order valence-corrected chi connectivity index (χ0v) is 14.0. The Morgan fingerprint density at radius 3 is 2.52 bits per heavy atom. The summed E-state index contributed by atoms with van der Waals surface area (Å²) in [6, 6.07) is 17.8. The standard InChI is InChI=1S/C18H20N2O2S/c1-19-18(16-9-5-6-10-17(16)23(19,21)22)11-12-20(14-18)13-15-7-3-2-4-8-15/h2-10H,11-14H2,1H3/t18-/m1/s1. The van der Waals surface area contributed by atoms with Crippen molar-refractivity contribution >= 4 is 10.0 Å². The van der Waals surface area contributed by atoms with Crippen LogP contribution in [0.4, 0.5) is 0 Å². The van der Waals surface area contributed by atoms with Crippen LogP contribution in [0.1, 0.15) is 17.5 Å². The summed E-state index contributed by atoms with van der Waals surface area (Å²) < 4.78 is 27.0. The van der Waals surface area contributed by atoms with Crippen molar-refractivity contribution in [3.8, 4) is 0 Å². The first-order chi connectivity index (χ1) is 11.0. The van der Waals surface area contributed by atoms with Gasteiger partial charge in [0.05, 0.1) is 10.4 Å². The molecular weight excluding hydrogens is 308 g/mol. The first-order valence-electron chi connectivity index (χ1n) is 7.89. The molecule has 0 unspecified atom stereocenters. The summed E-state index contributed by atoms with van der Waals surface area (Å²) in [6.45, 7) is 2.51. The summed E-state index contributed by atoms with van der Waals surface area (Å²) >= 11 is 0. The van der Waals surface area contributed by atoms with E-state index in [1.54, 1.807) is 23.5 Å². The van der Waals surface area contributed by atoms with Gasteiger partial charge in [-0.25, -0.2) is 8.42 Å². The third kappa shape index (κ3) is 2.15. The number of sulfonamides is 1. The Balaban J connectivity index is 1.68. The second-order valence-corrected chi connectivity index (χ2v) is 8.38. The topological polar surface area (TPSA) is 40.6 Å². The molecule has 4 rings (SSSR count). The molecule has 4 nitrogen and oxygen atoms in total. The average Bonchev–Trinajstić information content (AvgIpc) is 3.05. The summed E-state index contributed by atoms with van der Waals surface area (Å²) in [5, 5.41) is 0. The molecule has 1 fully saturated rings. The van der Waals surface area contributed by atoms with E-state index in [0.717, 1.165) is 31.6 Å². The third-order valence-corrected chi connectivity index (χ3v) is 7.19. The van der Waals surface area contributed by atoms with Crippen LogP contribution < -0.4 is 0 Å². The number of benzene rings is 2.